The number of carbonyl (C=O) groups is 1. The van der Waals surface area contributed by atoms with Crippen molar-refractivity contribution >= 4 is 28.4 Å². The number of nitrogens with two attached hydrogens (primary N) is 1. The number of nitrogens with one attached hydrogen (secondary N) is 1. The third-order valence-electron chi connectivity index (χ3n) is 4.33. The van der Waals surface area contributed by atoms with Crippen LogP contribution >= 0.6 is 11.6 Å². The van der Waals surface area contributed by atoms with Crippen molar-refractivity contribution in [2.75, 3.05) is 12.4 Å². The minimum Gasteiger partial charge on any atom is -0.396 e. The van der Waals surface area contributed by atoms with Gasteiger partial charge in [0.2, 0.25) is 5.43 Å². The van der Waals surface area contributed by atoms with Gasteiger partial charge in [-0.1, -0.05) is 29.8 Å². The van der Waals surface area contributed by atoms with Crippen LogP contribution in [0.1, 0.15) is 27.9 Å². The van der Waals surface area contributed by atoms with E-state index in [4.69, 9.17) is 22.6 Å². The van der Waals surface area contributed by atoms with Crippen LogP contribution in [0.25, 0.3) is 10.9 Å². The predicted octanol–water partition coefficient (Wildman–Crippen LogP) is 2.22. The fourth-order valence-electron chi connectivity index (χ4n) is 2.88. The Bertz CT molecular complexity index is 1030. The largest absolute Gasteiger partial charge is 0.396 e. The summed E-state index contributed by atoms with van der Waals surface area (Å²) in [6, 6.07) is 12.4. The molecule has 0 fully saturated rings. The van der Waals surface area contributed by atoms with E-state index in [0.29, 0.717) is 28.8 Å². The highest BCUT2D eigenvalue weighted by atomic mass is 35.5. The molecule has 1 amide bonds. The fourth-order valence-corrected chi connectivity index (χ4v) is 3.01. The van der Waals surface area contributed by atoms with Crippen LogP contribution in [-0.2, 0) is 13.0 Å². The van der Waals surface area contributed by atoms with E-state index in [1.54, 1.807) is 36.4 Å². The maximum atomic E-state index is 12.8. The molecular formula is C20H20ClN3O3. The Balaban J connectivity index is 1.88. The van der Waals surface area contributed by atoms with E-state index in [1.165, 1.54) is 10.9 Å². The highest BCUT2D eigenvalue weighted by Gasteiger charge is 2.15. The van der Waals surface area contributed by atoms with Crippen molar-refractivity contribution in [3.8, 4) is 0 Å². The number of halogens is 1. The van der Waals surface area contributed by atoms with Crippen LogP contribution in [0.15, 0.2) is 53.5 Å². The zero-order chi connectivity index (χ0) is 19.4. The standard InChI is InChI=1S/C20H20ClN3O3/c21-15-6-3-14(4-7-15)11-23-20(27)17-12-24(22)18-8-5-13(2-1-9-25)10-16(18)19(17)26/h3-8,10,12,25H,1-2,9,11,22H2,(H,23,27). The number of nitrogen functional groups attached to an aromatic ring is 1. The summed E-state index contributed by atoms with van der Waals surface area (Å²) in [5.41, 5.74) is 1.94. The molecule has 0 saturated heterocycles. The summed E-state index contributed by atoms with van der Waals surface area (Å²) in [6.45, 7) is 0.348. The minimum atomic E-state index is -0.489. The number of aliphatic hydroxyl groups is 1. The number of hydrogen-bond acceptors (Lipinski definition) is 4. The van der Waals surface area contributed by atoms with Gasteiger partial charge in [-0.3, -0.25) is 14.3 Å². The maximum Gasteiger partial charge on any atom is 0.257 e. The summed E-state index contributed by atoms with van der Waals surface area (Å²) in [5.74, 6) is 5.49. The molecule has 140 valence electrons. The van der Waals surface area contributed by atoms with Crippen molar-refractivity contribution in [1.82, 2.24) is 9.99 Å². The number of amides is 1. The summed E-state index contributed by atoms with van der Waals surface area (Å²) >= 11 is 5.85. The summed E-state index contributed by atoms with van der Waals surface area (Å²) in [4.78, 5) is 25.3. The number of aromatic nitrogens is 1. The van der Waals surface area contributed by atoms with Gasteiger partial charge in [-0.05, 0) is 48.2 Å². The van der Waals surface area contributed by atoms with Crippen LogP contribution in [0.5, 0.6) is 0 Å². The molecule has 0 unspecified atom stereocenters. The van der Waals surface area contributed by atoms with Gasteiger partial charge in [0.15, 0.2) is 0 Å². The molecule has 0 spiro atoms. The molecule has 2 aromatic carbocycles. The third-order valence-corrected chi connectivity index (χ3v) is 4.58. The van der Waals surface area contributed by atoms with Gasteiger partial charge in [-0.15, -0.1) is 0 Å². The fraction of sp³-hybridized carbons (Fsp3) is 0.200. The van der Waals surface area contributed by atoms with Crippen LogP contribution in [0.3, 0.4) is 0 Å². The Morgan fingerprint density at radius 2 is 1.85 bits per heavy atom. The molecule has 0 bridgehead atoms. The first-order chi connectivity index (χ1) is 13.0. The normalized spacial score (nSPS) is 10.9. The van der Waals surface area contributed by atoms with E-state index >= 15 is 0 Å². The van der Waals surface area contributed by atoms with E-state index in [2.05, 4.69) is 5.32 Å². The lowest BCUT2D eigenvalue weighted by molar-refractivity contribution is 0.0949. The van der Waals surface area contributed by atoms with E-state index in [-0.39, 0.29) is 24.1 Å². The average molecular weight is 386 g/mol. The van der Waals surface area contributed by atoms with E-state index in [0.717, 1.165) is 11.1 Å². The molecule has 7 heteroatoms. The summed E-state index contributed by atoms with van der Waals surface area (Å²) in [7, 11) is 0. The summed E-state index contributed by atoms with van der Waals surface area (Å²) < 4.78 is 1.28. The molecule has 0 atom stereocenters. The quantitative estimate of drug-likeness (QED) is 0.567. The monoisotopic (exact) mass is 385 g/mol. The number of aryl methyl sites for hydroxylation is 1. The molecule has 0 aliphatic carbocycles. The Kier molecular flexibility index (Phi) is 5.78. The second kappa shape index (κ2) is 8.24. The molecule has 3 aromatic rings. The number of benzene rings is 2. The molecule has 0 radical (unpaired) electrons. The summed E-state index contributed by atoms with van der Waals surface area (Å²) in [6.07, 6.45) is 2.59. The molecular weight excluding hydrogens is 366 g/mol. The van der Waals surface area contributed by atoms with Crippen LogP contribution in [0, 0.1) is 0 Å². The van der Waals surface area contributed by atoms with Gasteiger partial charge in [-0.25, -0.2) is 0 Å². The number of nitrogens with zero attached hydrogens (tertiary/aromatic N) is 1. The first-order valence-corrected chi connectivity index (χ1v) is 8.94. The number of rotatable bonds is 6. The Morgan fingerprint density at radius 3 is 2.56 bits per heavy atom. The van der Waals surface area contributed by atoms with Gasteiger partial charge in [0, 0.05) is 29.8 Å². The SMILES string of the molecule is Nn1cc(C(=O)NCc2ccc(Cl)cc2)c(=O)c2cc(CCCO)ccc21. The second-order valence-corrected chi connectivity index (χ2v) is 6.70. The highest BCUT2D eigenvalue weighted by Crippen LogP contribution is 2.14. The zero-order valence-corrected chi connectivity index (χ0v) is 15.4. The van der Waals surface area contributed by atoms with Gasteiger partial charge in [0.1, 0.15) is 5.56 Å². The van der Waals surface area contributed by atoms with E-state index < -0.39 is 5.91 Å². The van der Waals surface area contributed by atoms with Gasteiger partial charge in [0.05, 0.1) is 5.52 Å². The van der Waals surface area contributed by atoms with Crippen molar-refractivity contribution < 1.29 is 9.90 Å². The molecule has 0 aliphatic rings. The number of aliphatic hydroxyl groups excluding tert-OH is 1. The highest BCUT2D eigenvalue weighted by molar-refractivity contribution is 6.30. The smallest absolute Gasteiger partial charge is 0.257 e. The minimum absolute atomic E-state index is 0.0155. The molecule has 1 heterocycles. The lowest BCUT2D eigenvalue weighted by Gasteiger charge is -2.11. The van der Waals surface area contributed by atoms with Crippen LogP contribution in [-0.4, -0.2) is 22.3 Å². The van der Waals surface area contributed by atoms with Crippen molar-refractivity contribution in [1.29, 1.82) is 0 Å². The molecule has 0 aliphatic heterocycles. The Morgan fingerprint density at radius 1 is 1.15 bits per heavy atom. The van der Waals surface area contributed by atoms with Gasteiger partial charge in [0.25, 0.3) is 5.91 Å². The third kappa shape index (κ3) is 4.30. The first kappa shape index (κ1) is 18.9. The van der Waals surface area contributed by atoms with Crippen LogP contribution in [0.4, 0.5) is 0 Å². The maximum absolute atomic E-state index is 12.8. The Labute approximate surface area is 161 Å². The van der Waals surface area contributed by atoms with Gasteiger partial charge >= 0.3 is 0 Å². The average Bonchev–Trinajstić information content (AvgIpc) is 2.68. The van der Waals surface area contributed by atoms with Gasteiger partial charge in [-0.2, -0.15) is 0 Å². The molecule has 6 nitrogen and oxygen atoms in total. The Hall–Kier alpha value is -2.83. The second-order valence-electron chi connectivity index (χ2n) is 6.27. The molecule has 4 N–H and O–H groups in total. The van der Waals surface area contributed by atoms with E-state index in [9.17, 15) is 9.59 Å². The van der Waals surface area contributed by atoms with Crippen molar-refractivity contribution in [2.24, 2.45) is 0 Å². The topological polar surface area (TPSA) is 97.4 Å². The number of pyridine rings is 1. The lowest BCUT2D eigenvalue weighted by Crippen LogP contribution is -2.30. The molecule has 3 rings (SSSR count). The zero-order valence-electron chi connectivity index (χ0n) is 14.6. The van der Waals surface area contributed by atoms with Gasteiger partial charge < -0.3 is 16.3 Å². The first-order valence-electron chi connectivity index (χ1n) is 8.56. The number of hydrogen-bond donors (Lipinski definition) is 3. The predicted molar refractivity (Wildman–Crippen MR) is 106 cm³/mol. The molecule has 27 heavy (non-hydrogen) atoms. The summed E-state index contributed by atoms with van der Waals surface area (Å²) in [5, 5.41) is 12.7. The molecule has 0 saturated carbocycles. The number of carbonyl (C=O) groups excluding carboxylic acids is 1. The van der Waals surface area contributed by atoms with Crippen molar-refractivity contribution in [3.05, 3.63) is 80.6 Å². The van der Waals surface area contributed by atoms with E-state index in [1.807, 2.05) is 6.07 Å². The van der Waals surface area contributed by atoms with Crippen LogP contribution < -0.4 is 16.6 Å². The van der Waals surface area contributed by atoms with Crippen molar-refractivity contribution in [2.45, 2.75) is 19.4 Å². The van der Waals surface area contributed by atoms with Crippen molar-refractivity contribution in [3.63, 3.8) is 0 Å². The van der Waals surface area contributed by atoms with Crippen LogP contribution in [0.2, 0.25) is 5.02 Å². The number of fused-ring (bicyclic) bond motifs is 1. The molecule has 1 aromatic heterocycles. The lowest BCUT2D eigenvalue weighted by atomic mass is 10.0.